The molecule has 0 unspecified atom stereocenters. The van der Waals surface area contributed by atoms with Gasteiger partial charge in [-0.25, -0.2) is 0 Å². The van der Waals surface area contributed by atoms with Crippen LogP contribution in [0.15, 0.2) is 22.7 Å². The smallest absolute Gasteiger partial charge is 0.303 e. The van der Waals surface area contributed by atoms with Gasteiger partial charge in [0, 0.05) is 16.5 Å². The zero-order valence-electron chi connectivity index (χ0n) is 8.29. The van der Waals surface area contributed by atoms with Gasteiger partial charge in [-0.3, -0.25) is 9.59 Å². The largest absolute Gasteiger partial charge is 0.481 e. The van der Waals surface area contributed by atoms with Gasteiger partial charge in [0.1, 0.15) is 0 Å². The number of hydrogen-bond acceptors (Lipinski definition) is 2. The van der Waals surface area contributed by atoms with E-state index in [1.54, 1.807) is 12.1 Å². The molecule has 0 aliphatic rings. The number of ketones is 1. The molecule has 0 radical (unpaired) electrons. The van der Waals surface area contributed by atoms with Gasteiger partial charge < -0.3 is 5.11 Å². The van der Waals surface area contributed by atoms with E-state index >= 15 is 0 Å². The SMILES string of the molecule is CC(=O)c1cc(Br)ccc1CCC(=O)O. The van der Waals surface area contributed by atoms with Crippen molar-refractivity contribution in [2.75, 3.05) is 0 Å². The molecule has 1 aromatic carbocycles. The number of halogens is 1. The third kappa shape index (κ3) is 3.47. The van der Waals surface area contributed by atoms with Crippen LogP contribution in [0.1, 0.15) is 29.3 Å². The van der Waals surface area contributed by atoms with E-state index in [0.717, 1.165) is 10.0 Å². The summed E-state index contributed by atoms with van der Waals surface area (Å²) in [5.74, 6) is -0.899. The van der Waals surface area contributed by atoms with Crippen LogP contribution in [0.25, 0.3) is 0 Å². The van der Waals surface area contributed by atoms with Crippen molar-refractivity contribution in [2.45, 2.75) is 19.8 Å². The normalized spacial score (nSPS) is 10.0. The van der Waals surface area contributed by atoms with Crippen LogP contribution in [-0.4, -0.2) is 16.9 Å². The highest BCUT2D eigenvalue weighted by molar-refractivity contribution is 9.10. The molecule has 0 aliphatic carbocycles. The Morgan fingerprint density at radius 2 is 2.07 bits per heavy atom. The molecule has 0 saturated carbocycles. The Morgan fingerprint density at radius 1 is 1.40 bits per heavy atom. The van der Waals surface area contributed by atoms with Crippen molar-refractivity contribution in [3.63, 3.8) is 0 Å². The van der Waals surface area contributed by atoms with E-state index in [2.05, 4.69) is 15.9 Å². The van der Waals surface area contributed by atoms with E-state index in [1.165, 1.54) is 6.92 Å². The zero-order valence-corrected chi connectivity index (χ0v) is 9.87. The first kappa shape index (κ1) is 11.9. The number of hydrogen-bond donors (Lipinski definition) is 1. The minimum Gasteiger partial charge on any atom is -0.481 e. The van der Waals surface area contributed by atoms with E-state index < -0.39 is 5.97 Å². The van der Waals surface area contributed by atoms with Crippen LogP contribution < -0.4 is 0 Å². The van der Waals surface area contributed by atoms with Gasteiger partial charge in [0.2, 0.25) is 0 Å². The average Bonchev–Trinajstić information content (AvgIpc) is 2.15. The summed E-state index contributed by atoms with van der Waals surface area (Å²) < 4.78 is 0.826. The lowest BCUT2D eigenvalue weighted by atomic mass is 10.0. The Hall–Kier alpha value is -1.16. The highest BCUT2D eigenvalue weighted by Gasteiger charge is 2.09. The summed E-state index contributed by atoms with van der Waals surface area (Å²) in [7, 11) is 0. The Balaban J connectivity index is 2.95. The first-order chi connectivity index (χ1) is 7.00. The number of aliphatic carboxylic acids is 1. The number of Topliss-reactive ketones (excluding diaryl/α,β-unsaturated/α-hetero) is 1. The van der Waals surface area contributed by atoms with E-state index in [4.69, 9.17) is 5.11 Å². The molecule has 4 heteroatoms. The standard InChI is InChI=1S/C11H11BrO3/c1-7(13)10-6-9(12)4-2-8(10)3-5-11(14)15/h2,4,6H,3,5H2,1H3,(H,14,15). The number of benzene rings is 1. The van der Waals surface area contributed by atoms with Gasteiger partial charge >= 0.3 is 5.97 Å². The third-order valence-corrected chi connectivity index (χ3v) is 2.55. The Morgan fingerprint density at radius 3 is 2.60 bits per heavy atom. The molecule has 1 aromatic rings. The minimum absolute atomic E-state index is 0.0436. The number of carboxylic acid groups (broad SMARTS) is 1. The van der Waals surface area contributed by atoms with Crippen molar-refractivity contribution < 1.29 is 14.7 Å². The molecule has 0 fully saturated rings. The van der Waals surface area contributed by atoms with Crippen molar-refractivity contribution >= 4 is 27.7 Å². The van der Waals surface area contributed by atoms with Crippen molar-refractivity contribution in [2.24, 2.45) is 0 Å². The first-order valence-corrected chi connectivity index (χ1v) is 5.31. The number of rotatable bonds is 4. The number of carbonyl (C=O) groups is 2. The van der Waals surface area contributed by atoms with Crippen LogP contribution in [0, 0.1) is 0 Å². The lowest BCUT2D eigenvalue weighted by molar-refractivity contribution is -0.136. The maximum Gasteiger partial charge on any atom is 0.303 e. The number of carbonyl (C=O) groups excluding carboxylic acids is 1. The van der Waals surface area contributed by atoms with Crippen LogP contribution in [0.2, 0.25) is 0 Å². The van der Waals surface area contributed by atoms with E-state index in [9.17, 15) is 9.59 Å². The highest BCUT2D eigenvalue weighted by Crippen LogP contribution is 2.18. The third-order valence-electron chi connectivity index (χ3n) is 2.06. The van der Waals surface area contributed by atoms with Crippen molar-refractivity contribution in [1.82, 2.24) is 0 Å². The van der Waals surface area contributed by atoms with E-state index in [0.29, 0.717) is 12.0 Å². The molecular formula is C11H11BrO3. The second kappa shape index (κ2) is 5.07. The maximum absolute atomic E-state index is 11.3. The van der Waals surface area contributed by atoms with Gasteiger partial charge in [-0.15, -0.1) is 0 Å². The lowest BCUT2D eigenvalue weighted by Gasteiger charge is -2.05. The molecule has 3 nitrogen and oxygen atoms in total. The number of carboxylic acids is 1. The fourth-order valence-corrected chi connectivity index (χ4v) is 1.70. The molecule has 0 spiro atoms. The van der Waals surface area contributed by atoms with Gasteiger partial charge in [-0.05, 0) is 31.0 Å². The lowest BCUT2D eigenvalue weighted by Crippen LogP contribution is -2.03. The molecule has 0 heterocycles. The monoisotopic (exact) mass is 270 g/mol. The summed E-state index contributed by atoms with van der Waals surface area (Å²) in [6, 6.07) is 5.31. The van der Waals surface area contributed by atoms with E-state index in [1.807, 2.05) is 6.07 Å². The highest BCUT2D eigenvalue weighted by atomic mass is 79.9. The molecule has 1 rings (SSSR count). The molecular weight excluding hydrogens is 260 g/mol. The molecule has 0 aromatic heterocycles. The van der Waals surface area contributed by atoms with Gasteiger partial charge in [0.15, 0.2) is 5.78 Å². The molecule has 0 amide bonds. The first-order valence-electron chi connectivity index (χ1n) is 4.52. The quantitative estimate of drug-likeness (QED) is 0.856. The summed E-state index contributed by atoms with van der Waals surface area (Å²) in [4.78, 5) is 21.7. The molecule has 0 atom stereocenters. The molecule has 80 valence electrons. The van der Waals surface area contributed by atoms with Gasteiger partial charge in [-0.2, -0.15) is 0 Å². The molecule has 0 bridgehead atoms. The Bertz CT molecular complexity index is 399. The Kier molecular flexibility index (Phi) is 4.03. The summed E-state index contributed by atoms with van der Waals surface area (Å²) in [5, 5.41) is 8.56. The molecule has 1 N–H and O–H groups in total. The van der Waals surface area contributed by atoms with Crippen LogP contribution in [0.5, 0.6) is 0 Å². The van der Waals surface area contributed by atoms with Crippen molar-refractivity contribution in [1.29, 1.82) is 0 Å². The van der Waals surface area contributed by atoms with Crippen LogP contribution in [0.3, 0.4) is 0 Å². The Labute approximate surface area is 96.2 Å². The fraction of sp³-hybridized carbons (Fsp3) is 0.273. The molecule has 15 heavy (non-hydrogen) atoms. The zero-order chi connectivity index (χ0) is 11.4. The second-order valence-corrected chi connectivity index (χ2v) is 4.17. The summed E-state index contributed by atoms with van der Waals surface area (Å²) >= 11 is 3.28. The van der Waals surface area contributed by atoms with E-state index in [-0.39, 0.29) is 12.2 Å². The van der Waals surface area contributed by atoms with Crippen LogP contribution in [-0.2, 0) is 11.2 Å². The maximum atomic E-state index is 11.3. The van der Waals surface area contributed by atoms with Crippen molar-refractivity contribution in [3.8, 4) is 0 Å². The van der Waals surface area contributed by atoms with Crippen LogP contribution in [0.4, 0.5) is 0 Å². The predicted molar refractivity (Wildman–Crippen MR) is 60.1 cm³/mol. The summed E-state index contributed by atoms with van der Waals surface area (Å²) in [6.07, 6.45) is 0.430. The van der Waals surface area contributed by atoms with Gasteiger partial charge in [-0.1, -0.05) is 22.0 Å². The second-order valence-electron chi connectivity index (χ2n) is 3.25. The minimum atomic E-state index is -0.854. The fourth-order valence-electron chi connectivity index (χ4n) is 1.34. The van der Waals surface area contributed by atoms with Crippen molar-refractivity contribution in [3.05, 3.63) is 33.8 Å². The van der Waals surface area contributed by atoms with Gasteiger partial charge in [0.25, 0.3) is 0 Å². The van der Waals surface area contributed by atoms with Gasteiger partial charge in [0.05, 0.1) is 0 Å². The summed E-state index contributed by atoms with van der Waals surface area (Å²) in [5.41, 5.74) is 1.37. The summed E-state index contributed by atoms with van der Waals surface area (Å²) in [6.45, 7) is 1.48. The average molecular weight is 271 g/mol. The molecule has 0 aliphatic heterocycles. The number of aryl methyl sites for hydroxylation is 1. The van der Waals surface area contributed by atoms with Crippen LogP contribution >= 0.6 is 15.9 Å². The predicted octanol–water partition coefficient (Wildman–Crippen LogP) is 2.67. The molecule has 0 saturated heterocycles. The topological polar surface area (TPSA) is 54.4 Å².